The van der Waals surface area contributed by atoms with Crippen molar-refractivity contribution in [2.75, 3.05) is 21.3 Å². The molecule has 0 N–H and O–H groups in total. The van der Waals surface area contributed by atoms with Crippen molar-refractivity contribution in [3.63, 3.8) is 0 Å². The maximum atomic E-state index is 14.6. The van der Waals surface area contributed by atoms with Crippen molar-refractivity contribution >= 4 is 34.8 Å². The second-order valence-electron chi connectivity index (χ2n) is 4.95. The fourth-order valence-corrected chi connectivity index (χ4v) is 13.5. The second-order valence-corrected chi connectivity index (χ2v) is 16.7. The summed E-state index contributed by atoms with van der Waals surface area (Å²) in [4.78, 5) is 0. The highest BCUT2D eigenvalue weighted by Crippen LogP contribution is 2.27. The van der Waals surface area contributed by atoms with Crippen LogP contribution in [0.15, 0.2) is 49.1 Å². The Balaban J connectivity index is 5.68. The number of hydrogen-bond acceptors (Lipinski definition) is 6. The third kappa shape index (κ3) is 6.11. The third-order valence-corrected chi connectivity index (χ3v) is 15.9. The Labute approximate surface area is 148 Å². The normalized spacial score (nSPS) is 21.4. The van der Waals surface area contributed by atoms with Gasteiger partial charge < -0.3 is 25.6 Å². The first kappa shape index (κ1) is 23.5. The molecule has 0 aliphatic carbocycles. The molecule has 0 rings (SSSR count). The molecular weight excluding hydrogens is 383 g/mol. The molecule has 24 heavy (non-hydrogen) atoms. The van der Waals surface area contributed by atoms with E-state index >= 15 is 0 Å². The van der Waals surface area contributed by atoms with E-state index < -0.39 is 34.8 Å². The minimum absolute atomic E-state index is 0.992. The molecule has 0 aliphatic rings. The van der Waals surface area contributed by atoms with Gasteiger partial charge in [-0.15, -0.1) is 13.2 Å². The minimum Gasteiger partial charge on any atom is -0.409 e. The zero-order valence-corrected chi connectivity index (χ0v) is 19.0. The van der Waals surface area contributed by atoms with Crippen LogP contribution in [0.5, 0.6) is 0 Å². The summed E-state index contributed by atoms with van der Waals surface area (Å²) in [5.41, 5.74) is 5.46. The molecule has 0 aliphatic heterocycles. The summed E-state index contributed by atoms with van der Waals surface area (Å²) < 4.78 is 47.7. The highest BCUT2D eigenvalue weighted by Gasteiger charge is 2.54. The number of hydrogen-bond donors (Lipinski definition) is 0. The lowest BCUT2D eigenvalue weighted by atomic mass is 11.3. The Bertz CT molecular complexity index is 483. The molecule has 4 unspecified atom stereocenters. The van der Waals surface area contributed by atoms with Gasteiger partial charge in [-0.1, -0.05) is 24.6 Å². The second kappa shape index (κ2) is 9.28. The van der Waals surface area contributed by atoms with Crippen LogP contribution in [-0.2, 0) is 25.6 Å². The lowest BCUT2D eigenvalue weighted by Crippen LogP contribution is -2.61. The molecule has 0 spiro atoms. The quantitative estimate of drug-likeness (QED) is 0.344. The first-order valence-electron chi connectivity index (χ1n) is 7.04. The SMILES string of the molecule is C=C[Si](C)(OC)O[Si](C)(C=C)O[Si](C=C)(OC)O[Si](F)(C=C)OC. The standard InChI is InChI=1S/C13H27FO6Si4/c1-10-21(8,15-5)18-22(9,11-2)19-24(13-4,17-7)20-23(14,12-3)16-6/h10-13H,1-4H2,5-9H3. The summed E-state index contributed by atoms with van der Waals surface area (Å²) in [6.45, 7) is 18.1. The van der Waals surface area contributed by atoms with Gasteiger partial charge in [-0.2, -0.15) is 0 Å². The van der Waals surface area contributed by atoms with E-state index in [-0.39, 0.29) is 0 Å². The zero-order valence-electron chi connectivity index (χ0n) is 15.0. The van der Waals surface area contributed by atoms with Crippen molar-refractivity contribution in [3.8, 4) is 0 Å². The molecule has 0 aromatic carbocycles. The topological polar surface area (TPSA) is 55.4 Å². The van der Waals surface area contributed by atoms with E-state index in [4.69, 9.17) is 25.6 Å². The summed E-state index contributed by atoms with van der Waals surface area (Å²) in [7, 11) is -9.50. The van der Waals surface area contributed by atoms with E-state index in [1.165, 1.54) is 32.7 Å². The molecular formula is C13H27FO6Si4. The predicted octanol–water partition coefficient (Wildman–Crippen LogP) is 2.87. The Kier molecular flexibility index (Phi) is 9.09. The van der Waals surface area contributed by atoms with Gasteiger partial charge >= 0.3 is 34.8 Å². The summed E-state index contributed by atoms with van der Waals surface area (Å²) in [5, 5.41) is 0. The summed E-state index contributed by atoms with van der Waals surface area (Å²) >= 11 is 0. The van der Waals surface area contributed by atoms with Crippen LogP contribution >= 0.6 is 0 Å². The highest BCUT2D eigenvalue weighted by atomic mass is 28.5. The minimum atomic E-state index is -4.17. The van der Waals surface area contributed by atoms with Gasteiger partial charge in [0.25, 0.3) is 0 Å². The first-order valence-corrected chi connectivity index (χ1v) is 15.4. The first-order chi connectivity index (χ1) is 11.0. The van der Waals surface area contributed by atoms with E-state index in [9.17, 15) is 4.11 Å². The average Bonchev–Trinajstić information content (AvgIpc) is 2.60. The Morgan fingerprint density at radius 1 is 0.667 bits per heavy atom. The lowest BCUT2D eigenvalue weighted by Gasteiger charge is -2.38. The van der Waals surface area contributed by atoms with Gasteiger partial charge in [0.2, 0.25) is 0 Å². The maximum Gasteiger partial charge on any atom is 0.560 e. The van der Waals surface area contributed by atoms with E-state index in [0.29, 0.717) is 0 Å². The van der Waals surface area contributed by atoms with Crippen LogP contribution in [0.3, 0.4) is 0 Å². The van der Waals surface area contributed by atoms with Crippen LogP contribution in [0.4, 0.5) is 4.11 Å². The van der Waals surface area contributed by atoms with Gasteiger partial charge in [0, 0.05) is 21.3 Å². The molecule has 0 aromatic heterocycles. The van der Waals surface area contributed by atoms with Crippen LogP contribution in [0.2, 0.25) is 13.1 Å². The van der Waals surface area contributed by atoms with Crippen molar-refractivity contribution in [1.82, 2.24) is 0 Å². The molecule has 0 heterocycles. The van der Waals surface area contributed by atoms with E-state index in [1.54, 1.807) is 18.8 Å². The molecule has 0 aromatic rings. The van der Waals surface area contributed by atoms with E-state index in [2.05, 4.69) is 26.3 Å². The molecule has 0 amide bonds. The molecule has 0 saturated heterocycles. The van der Waals surface area contributed by atoms with E-state index in [0.717, 1.165) is 5.70 Å². The highest BCUT2D eigenvalue weighted by molar-refractivity contribution is 6.91. The fraction of sp³-hybridized carbons (Fsp3) is 0.385. The molecule has 4 atom stereocenters. The Morgan fingerprint density at radius 3 is 1.50 bits per heavy atom. The lowest BCUT2D eigenvalue weighted by molar-refractivity contribution is 0.151. The van der Waals surface area contributed by atoms with Gasteiger partial charge in [0.15, 0.2) is 0 Å². The molecule has 0 fully saturated rings. The van der Waals surface area contributed by atoms with Crippen molar-refractivity contribution < 1.29 is 29.7 Å². The van der Waals surface area contributed by atoms with Crippen LogP contribution < -0.4 is 0 Å². The molecule has 6 nitrogen and oxygen atoms in total. The summed E-state index contributed by atoms with van der Waals surface area (Å²) in [6.07, 6.45) is 0. The Hall–Kier alpha value is -0.482. The van der Waals surface area contributed by atoms with E-state index in [1.807, 2.05) is 0 Å². The number of rotatable bonds is 13. The summed E-state index contributed by atoms with van der Waals surface area (Å²) in [6, 6.07) is 0. The molecule has 0 bridgehead atoms. The van der Waals surface area contributed by atoms with Crippen LogP contribution in [0.1, 0.15) is 0 Å². The van der Waals surface area contributed by atoms with Crippen molar-refractivity contribution in [2.45, 2.75) is 13.1 Å². The van der Waals surface area contributed by atoms with Gasteiger partial charge in [0.1, 0.15) is 0 Å². The fourth-order valence-electron chi connectivity index (χ4n) is 1.59. The third-order valence-electron chi connectivity index (χ3n) is 3.24. The van der Waals surface area contributed by atoms with Gasteiger partial charge in [-0.3, -0.25) is 0 Å². The monoisotopic (exact) mass is 410 g/mol. The van der Waals surface area contributed by atoms with Crippen LogP contribution in [0, 0.1) is 0 Å². The smallest absolute Gasteiger partial charge is 0.409 e. The van der Waals surface area contributed by atoms with Crippen LogP contribution in [0.25, 0.3) is 0 Å². The largest absolute Gasteiger partial charge is 0.560 e. The molecule has 138 valence electrons. The van der Waals surface area contributed by atoms with Crippen molar-refractivity contribution in [3.05, 3.63) is 49.1 Å². The predicted molar refractivity (Wildman–Crippen MR) is 101 cm³/mol. The average molecular weight is 411 g/mol. The van der Waals surface area contributed by atoms with Crippen molar-refractivity contribution in [1.29, 1.82) is 0 Å². The van der Waals surface area contributed by atoms with Crippen molar-refractivity contribution in [2.24, 2.45) is 0 Å². The molecule has 11 heteroatoms. The Morgan fingerprint density at radius 2 is 1.21 bits per heavy atom. The summed E-state index contributed by atoms with van der Waals surface area (Å²) in [5.74, 6) is 0. The zero-order chi connectivity index (χ0) is 19.1. The van der Waals surface area contributed by atoms with Crippen LogP contribution in [-0.4, -0.2) is 56.2 Å². The molecule has 0 saturated carbocycles. The maximum absolute atomic E-state index is 14.6. The number of halogens is 1. The van der Waals surface area contributed by atoms with Gasteiger partial charge in [-0.25, -0.2) is 4.11 Å². The molecule has 0 radical (unpaired) electrons. The van der Waals surface area contributed by atoms with Gasteiger partial charge in [0.05, 0.1) is 0 Å². The van der Waals surface area contributed by atoms with Gasteiger partial charge in [-0.05, 0) is 24.5 Å².